The van der Waals surface area contributed by atoms with Gasteiger partial charge >= 0.3 is 0 Å². The maximum Gasteiger partial charge on any atom is 0.266 e. The van der Waals surface area contributed by atoms with Crippen molar-refractivity contribution in [1.82, 2.24) is 9.55 Å². The molecule has 1 aromatic heterocycles. The Balaban J connectivity index is 1.65. The minimum atomic E-state index is -0.558. The summed E-state index contributed by atoms with van der Waals surface area (Å²) in [4.78, 5) is 30.5. The Labute approximate surface area is 199 Å². The van der Waals surface area contributed by atoms with Gasteiger partial charge in [-0.3, -0.25) is 14.2 Å². The van der Waals surface area contributed by atoms with Crippen LogP contribution in [0.4, 0.5) is 10.1 Å². The molecule has 0 unspecified atom stereocenters. The number of para-hydroxylation sites is 1. The van der Waals surface area contributed by atoms with E-state index in [0.29, 0.717) is 33.4 Å². The molecule has 0 saturated carbocycles. The van der Waals surface area contributed by atoms with Gasteiger partial charge in [0.05, 0.1) is 27.4 Å². The number of thioether (sulfide) groups is 1. The van der Waals surface area contributed by atoms with Crippen molar-refractivity contribution < 1.29 is 9.18 Å². The van der Waals surface area contributed by atoms with Crippen LogP contribution in [0.5, 0.6) is 0 Å². The lowest BCUT2D eigenvalue weighted by atomic mass is 10.0. The zero-order chi connectivity index (χ0) is 23.5. The summed E-state index contributed by atoms with van der Waals surface area (Å²) in [5.41, 5.74) is 2.58. The fourth-order valence-electron chi connectivity index (χ4n) is 3.35. The monoisotopic (exact) mass is 481 g/mol. The second-order valence-electron chi connectivity index (χ2n) is 7.76. The Morgan fingerprint density at radius 3 is 2.55 bits per heavy atom. The third-order valence-corrected chi connectivity index (χ3v) is 6.33. The van der Waals surface area contributed by atoms with E-state index in [0.717, 1.165) is 17.3 Å². The molecule has 168 valence electrons. The molecule has 4 rings (SSSR count). The number of hydrogen-bond donors (Lipinski definition) is 1. The van der Waals surface area contributed by atoms with Crippen LogP contribution in [0.1, 0.15) is 25.3 Å². The van der Waals surface area contributed by atoms with Gasteiger partial charge in [-0.1, -0.05) is 61.5 Å². The van der Waals surface area contributed by atoms with Gasteiger partial charge in [-0.2, -0.15) is 0 Å². The predicted octanol–water partition coefficient (Wildman–Crippen LogP) is 6.03. The van der Waals surface area contributed by atoms with Gasteiger partial charge in [0, 0.05) is 5.69 Å². The molecule has 0 radical (unpaired) electrons. The van der Waals surface area contributed by atoms with Crippen molar-refractivity contribution in [3.8, 4) is 5.69 Å². The van der Waals surface area contributed by atoms with Gasteiger partial charge in [0.25, 0.3) is 5.56 Å². The lowest BCUT2D eigenvalue weighted by molar-refractivity contribution is -0.113. The summed E-state index contributed by atoms with van der Waals surface area (Å²) < 4.78 is 14.9. The molecule has 0 spiro atoms. The van der Waals surface area contributed by atoms with Crippen LogP contribution in [-0.4, -0.2) is 21.2 Å². The summed E-state index contributed by atoms with van der Waals surface area (Å²) in [6.07, 6.45) is 0. The predicted molar refractivity (Wildman–Crippen MR) is 132 cm³/mol. The minimum absolute atomic E-state index is 0.00382. The van der Waals surface area contributed by atoms with Crippen molar-refractivity contribution in [3.63, 3.8) is 0 Å². The van der Waals surface area contributed by atoms with Crippen molar-refractivity contribution in [2.75, 3.05) is 11.1 Å². The van der Waals surface area contributed by atoms with E-state index in [4.69, 9.17) is 11.6 Å². The number of nitrogens with one attached hydrogen (secondary N) is 1. The molecule has 1 N–H and O–H groups in total. The number of hydrogen-bond acceptors (Lipinski definition) is 4. The van der Waals surface area contributed by atoms with E-state index < -0.39 is 5.82 Å². The van der Waals surface area contributed by atoms with E-state index in [1.165, 1.54) is 22.8 Å². The standard InChI is InChI=1S/C25H21ClFN3O2S/c1-15(2)16-7-10-18(11-8-16)30-24(32)19-5-3-4-6-22(19)29-25(30)33-14-23(31)28-17-9-12-21(27)20(26)13-17/h3-13,15H,14H2,1-2H3,(H,28,31). The number of anilines is 1. The van der Waals surface area contributed by atoms with Crippen molar-refractivity contribution in [3.05, 3.63) is 93.5 Å². The third kappa shape index (κ3) is 5.10. The lowest BCUT2D eigenvalue weighted by Crippen LogP contribution is -2.23. The van der Waals surface area contributed by atoms with Crippen LogP contribution >= 0.6 is 23.4 Å². The van der Waals surface area contributed by atoms with Crippen LogP contribution < -0.4 is 10.9 Å². The van der Waals surface area contributed by atoms with Gasteiger partial charge in [0.1, 0.15) is 5.82 Å². The largest absolute Gasteiger partial charge is 0.325 e. The zero-order valence-corrected chi connectivity index (χ0v) is 19.6. The first-order chi connectivity index (χ1) is 15.8. The van der Waals surface area contributed by atoms with Crippen LogP contribution in [-0.2, 0) is 4.79 Å². The second-order valence-corrected chi connectivity index (χ2v) is 9.11. The quantitative estimate of drug-likeness (QED) is 0.269. The number of amides is 1. The number of carbonyl (C=O) groups is 1. The van der Waals surface area contributed by atoms with Gasteiger partial charge in [0.15, 0.2) is 5.16 Å². The van der Waals surface area contributed by atoms with E-state index in [1.807, 2.05) is 30.3 Å². The van der Waals surface area contributed by atoms with Crippen molar-refractivity contribution >= 4 is 45.9 Å². The molecule has 5 nitrogen and oxygen atoms in total. The molecule has 0 saturated heterocycles. The summed E-state index contributed by atoms with van der Waals surface area (Å²) in [5, 5.41) is 3.52. The Hall–Kier alpha value is -3.16. The summed E-state index contributed by atoms with van der Waals surface area (Å²) in [6.45, 7) is 4.21. The maximum absolute atomic E-state index is 13.4. The van der Waals surface area contributed by atoms with Crippen LogP contribution in [0.25, 0.3) is 16.6 Å². The highest BCUT2D eigenvalue weighted by molar-refractivity contribution is 7.99. The Morgan fingerprint density at radius 2 is 1.85 bits per heavy atom. The molecule has 0 bridgehead atoms. The second kappa shape index (κ2) is 9.77. The van der Waals surface area contributed by atoms with Gasteiger partial charge < -0.3 is 5.32 Å². The molecular formula is C25H21ClFN3O2S. The summed E-state index contributed by atoms with van der Waals surface area (Å²) >= 11 is 6.93. The molecule has 1 amide bonds. The zero-order valence-electron chi connectivity index (χ0n) is 18.0. The van der Waals surface area contributed by atoms with Gasteiger partial charge in [-0.05, 0) is 53.9 Å². The Bertz CT molecular complexity index is 1390. The summed E-state index contributed by atoms with van der Waals surface area (Å²) in [5.74, 6) is -0.518. The van der Waals surface area contributed by atoms with Gasteiger partial charge in [-0.15, -0.1) is 0 Å². The first kappa shape index (κ1) is 23.0. The number of rotatable bonds is 6. The van der Waals surface area contributed by atoms with E-state index >= 15 is 0 Å². The molecule has 0 aliphatic rings. The number of aromatic nitrogens is 2. The minimum Gasteiger partial charge on any atom is -0.325 e. The van der Waals surface area contributed by atoms with Gasteiger partial charge in [0.2, 0.25) is 5.91 Å². The molecule has 4 aromatic rings. The number of benzene rings is 3. The van der Waals surface area contributed by atoms with E-state index in [-0.39, 0.29) is 22.2 Å². The highest BCUT2D eigenvalue weighted by atomic mass is 35.5. The molecule has 33 heavy (non-hydrogen) atoms. The SMILES string of the molecule is CC(C)c1ccc(-n2c(SCC(=O)Nc3ccc(F)c(Cl)c3)nc3ccccc3c2=O)cc1. The summed E-state index contributed by atoms with van der Waals surface area (Å²) in [6, 6.07) is 18.8. The molecule has 8 heteroatoms. The van der Waals surface area contributed by atoms with Crippen LogP contribution in [0.15, 0.2) is 76.7 Å². The van der Waals surface area contributed by atoms with Crippen molar-refractivity contribution in [2.24, 2.45) is 0 Å². The first-order valence-corrected chi connectivity index (χ1v) is 11.7. The molecular weight excluding hydrogens is 461 g/mol. The van der Waals surface area contributed by atoms with Crippen molar-refractivity contribution in [1.29, 1.82) is 0 Å². The van der Waals surface area contributed by atoms with Crippen LogP contribution in [0, 0.1) is 5.82 Å². The van der Waals surface area contributed by atoms with Gasteiger partial charge in [-0.25, -0.2) is 9.37 Å². The topological polar surface area (TPSA) is 64.0 Å². The molecule has 0 atom stereocenters. The van der Waals surface area contributed by atoms with E-state index in [2.05, 4.69) is 24.1 Å². The average Bonchev–Trinajstić information content (AvgIpc) is 2.80. The summed E-state index contributed by atoms with van der Waals surface area (Å²) in [7, 11) is 0. The smallest absolute Gasteiger partial charge is 0.266 e. The Morgan fingerprint density at radius 1 is 1.12 bits per heavy atom. The Kier molecular flexibility index (Phi) is 6.81. The van der Waals surface area contributed by atoms with E-state index in [9.17, 15) is 14.0 Å². The van der Waals surface area contributed by atoms with Crippen LogP contribution in [0.3, 0.4) is 0 Å². The average molecular weight is 482 g/mol. The number of fused-ring (bicyclic) bond motifs is 1. The van der Waals surface area contributed by atoms with E-state index in [1.54, 1.807) is 18.2 Å². The molecule has 3 aromatic carbocycles. The maximum atomic E-state index is 13.4. The molecule has 0 fully saturated rings. The molecule has 1 heterocycles. The third-order valence-electron chi connectivity index (χ3n) is 5.10. The molecule has 0 aliphatic carbocycles. The lowest BCUT2D eigenvalue weighted by Gasteiger charge is -2.14. The highest BCUT2D eigenvalue weighted by Crippen LogP contribution is 2.24. The normalized spacial score (nSPS) is 11.2. The number of carbonyl (C=O) groups excluding carboxylic acids is 1. The fourth-order valence-corrected chi connectivity index (χ4v) is 4.34. The van der Waals surface area contributed by atoms with Crippen LogP contribution in [0.2, 0.25) is 5.02 Å². The number of halogens is 2. The first-order valence-electron chi connectivity index (χ1n) is 10.3. The fraction of sp³-hybridized carbons (Fsp3) is 0.160. The molecule has 0 aliphatic heterocycles. The van der Waals surface area contributed by atoms with Crippen molar-refractivity contribution in [2.45, 2.75) is 24.9 Å². The number of nitrogens with zero attached hydrogens (tertiary/aromatic N) is 2. The highest BCUT2D eigenvalue weighted by Gasteiger charge is 2.15.